The number of nitrogens with two attached hydrogens (primary N) is 1. The van der Waals surface area contributed by atoms with E-state index in [-0.39, 0.29) is 18.0 Å². The molecule has 0 unspecified atom stereocenters. The number of halogens is 1. The van der Waals surface area contributed by atoms with Gasteiger partial charge in [-0.3, -0.25) is 9.59 Å². The molecule has 0 spiro atoms. The van der Waals surface area contributed by atoms with Crippen LogP contribution in [-0.4, -0.2) is 18.4 Å². The molecule has 2 amide bonds. The topological polar surface area (TPSA) is 84.2 Å². The van der Waals surface area contributed by atoms with Crippen LogP contribution >= 0.6 is 11.3 Å². The molecule has 0 atom stereocenters. The molecule has 7 heteroatoms. The van der Waals surface area contributed by atoms with Gasteiger partial charge in [-0.15, -0.1) is 11.3 Å². The number of amides is 2. The molecule has 1 aromatic carbocycles. The Balaban J connectivity index is 1.95. The number of primary amides is 1. The van der Waals surface area contributed by atoms with Gasteiger partial charge in [0.15, 0.2) is 0 Å². The van der Waals surface area contributed by atoms with Crippen LogP contribution < -0.4 is 16.4 Å². The third-order valence-electron chi connectivity index (χ3n) is 3.11. The lowest BCUT2D eigenvalue weighted by Crippen LogP contribution is -2.29. The summed E-state index contributed by atoms with van der Waals surface area (Å²) in [6.07, 6.45) is 0. The molecule has 116 valence electrons. The van der Waals surface area contributed by atoms with E-state index in [0.717, 1.165) is 10.9 Å². The minimum absolute atomic E-state index is 0.0200. The minimum atomic E-state index is -0.718. The summed E-state index contributed by atoms with van der Waals surface area (Å²) in [5.74, 6) is -1.49. The van der Waals surface area contributed by atoms with Gasteiger partial charge in [-0.05, 0) is 30.5 Å². The molecule has 0 saturated carbocycles. The van der Waals surface area contributed by atoms with E-state index in [9.17, 15) is 14.0 Å². The van der Waals surface area contributed by atoms with E-state index in [1.54, 1.807) is 18.3 Å². The summed E-state index contributed by atoms with van der Waals surface area (Å²) in [7, 11) is 0. The first-order chi connectivity index (χ1) is 10.5. The van der Waals surface area contributed by atoms with Crippen molar-refractivity contribution in [2.75, 3.05) is 11.9 Å². The predicted molar refractivity (Wildman–Crippen MR) is 84.3 cm³/mol. The van der Waals surface area contributed by atoms with Crippen LogP contribution in [0.2, 0.25) is 0 Å². The molecule has 0 aliphatic rings. The van der Waals surface area contributed by atoms with E-state index in [4.69, 9.17) is 5.73 Å². The van der Waals surface area contributed by atoms with E-state index >= 15 is 0 Å². The predicted octanol–water partition coefficient (Wildman–Crippen LogP) is 2.02. The fraction of sp³-hybridized carbons (Fsp3) is 0.200. The standard InChI is InChI=1S/C15H16FN3O2S/c1-9-12(16)5-10(15(17)21)6-13(9)18-8-14(20)19-7-11-3-2-4-22-11/h2-6,18H,7-8H2,1H3,(H2,17,21)(H,19,20). The molecule has 2 aromatic rings. The zero-order valence-electron chi connectivity index (χ0n) is 12.0. The van der Waals surface area contributed by atoms with Crippen LogP contribution in [0.3, 0.4) is 0 Å². The molecule has 0 aliphatic heterocycles. The molecule has 0 radical (unpaired) electrons. The average Bonchev–Trinajstić information content (AvgIpc) is 2.99. The van der Waals surface area contributed by atoms with Crippen LogP contribution in [0.5, 0.6) is 0 Å². The van der Waals surface area contributed by atoms with Gasteiger partial charge in [0, 0.05) is 21.7 Å². The number of benzene rings is 1. The minimum Gasteiger partial charge on any atom is -0.376 e. The highest BCUT2D eigenvalue weighted by molar-refractivity contribution is 7.09. The van der Waals surface area contributed by atoms with Gasteiger partial charge in [0.05, 0.1) is 13.1 Å². The van der Waals surface area contributed by atoms with Crippen LogP contribution in [0.15, 0.2) is 29.6 Å². The maximum Gasteiger partial charge on any atom is 0.248 e. The van der Waals surface area contributed by atoms with E-state index < -0.39 is 11.7 Å². The first-order valence-electron chi connectivity index (χ1n) is 6.60. The lowest BCUT2D eigenvalue weighted by Gasteiger charge is -2.11. The van der Waals surface area contributed by atoms with Crippen LogP contribution in [0.1, 0.15) is 20.8 Å². The van der Waals surface area contributed by atoms with Gasteiger partial charge in [0.25, 0.3) is 0 Å². The summed E-state index contributed by atoms with van der Waals surface area (Å²) < 4.78 is 13.7. The lowest BCUT2D eigenvalue weighted by molar-refractivity contribution is -0.119. The Bertz CT molecular complexity index is 686. The molecule has 4 N–H and O–H groups in total. The monoisotopic (exact) mass is 321 g/mol. The van der Waals surface area contributed by atoms with E-state index in [2.05, 4.69) is 10.6 Å². The molecule has 0 aliphatic carbocycles. The second-order valence-electron chi connectivity index (χ2n) is 4.70. The fourth-order valence-electron chi connectivity index (χ4n) is 1.84. The molecule has 22 heavy (non-hydrogen) atoms. The molecule has 1 heterocycles. The first-order valence-corrected chi connectivity index (χ1v) is 7.48. The van der Waals surface area contributed by atoms with Crippen molar-refractivity contribution in [3.8, 4) is 0 Å². The number of thiophene rings is 1. The maximum absolute atomic E-state index is 13.7. The Morgan fingerprint density at radius 3 is 2.77 bits per heavy atom. The Morgan fingerprint density at radius 2 is 2.14 bits per heavy atom. The van der Waals surface area contributed by atoms with Crippen molar-refractivity contribution in [3.05, 3.63) is 51.5 Å². The summed E-state index contributed by atoms with van der Waals surface area (Å²) in [6, 6.07) is 6.35. The molecule has 0 saturated heterocycles. The van der Waals surface area contributed by atoms with Gasteiger partial charge >= 0.3 is 0 Å². The van der Waals surface area contributed by atoms with Crippen molar-refractivity contribution in [3.63, 3.8) is 0 Å². The van der Waals surface area contributed by atoms with Crippen LogP contribution in [0.4, 0.5) is 10.1 Å². The number of carbonyl (C=O) groups is 2. The Labute approximate surface area is 131 Å². The zero-order valence-corrected chi connectivity index (χ0v) is 12.8. The summed E-state index contributed by atoms with van der Waals surface area (Å²) >= 11 is 1.55. The second-order valence-corrected chi connectivity index (χ2v) is 5.74. The summed E-state index contributed by atoms with van der Waals surface area (Å²) in [5.41, 5.74) is 5.91. The molecule has 1 aromatic heterocycles. The highest BCUT2D eigenvalue weighted by Gasteiger charge is 2.11. The summed E-state index contributed by atoms with van der Waals surface area (Å²) in [5, 5.41) is 7.50. The van der Waals surface area contributed by atoms with Gasteiger partial charge in [-0.25, -0.2) is 4.39 Å². The number of carbonyl (C=O) groups excluding carboxylic acids is 2. The van der Waals surface area contributed by atoms with Gasteiger partial charge in [-0.2, -0.15) is 0 Å². The van der Waals surface area contributed by atoms with Crippen LogP contribution in [0, 0.1) is 12.7 Å². The quantitative estimate of drug-likeness (QED) is 0.761. The van der Waals surface area contributed by atoms with Gasteiger partial charge in [0.1, 0.15) is 5.82 Å². The lowest BCUT2D eigenvalue weighted by atomic mass is 10.1. The highest BCUT2D eigenvalue weighted by Crippen LogP contribution is 2.20. The normalized spacial score (nSPS) is 10.3. The zero-order chi connectivity index (χ0) is 16.1. The molecule has 5 nitrogen and oxygen atoms in total. The molecule has 0 fully saturated rings. The van der Waals surface area contributed by atoms with Gasteiger partial charge in [0.2, 0.25) is 11.8 Å². The number of nitrogens with one attached hydrogen (secondary N) is 2. The van der Waals surface area contributed by atoms with Crippen molar-refractivity contribution in [2.24, 2.45) is 5.73 Å². The molecular weight excluding hydrogens is 305 g/mol. The average molecular weight is 321 g/mol. The molecular formula is C15H16FN3O2S. The van der Waals surface area contributed by atoms with Crippen LogP contribution in [-0.2, 0) is 11.3 Å². The first kappa shape index (κ1) is 16.0. The number of rotatable bonds is 6. The molecule has 0 bridgehead atoms. The third kappa shape index (κ3) is 4.05. The van der Waals surface area contributed by atoms with Crippen molar-refractivity contribution >= 4 is 28.8 Å². The van der Waals surface area contributed by atoms with Crippen molar-refractivity contribution in [1.29, 1.82) is 0 Å². The second kappa shape index (κ2) is 7.04. The van der Waals surface area contributed by atoms with Crippen LogP contribution in [0.25, 0.3) is 0 Å². The number of hydrogen-bond donors (Lipinski definition) is 3. The van der Waals surface area contributed by atoms with E-state index in [0.29, 0.717) is 17.8 Å². The van der Waals surface area contributed by atoms with Gasteiger partial charge in [-0.1, -0.05) is 6.07 Å². The van der Waals surface area contributed by atoms with E-state index in [1.165, 1.54) is 6.07 Å². The Hall–Kier alpha value is -2.41. The largest absolute Gasteiger partial charge is 0.376 e. The summed E-state index contributed by atoms with van der Waals surface area (Å²) in [4.78, 5) is 24.0. The molecule has 2 rings (SSSR count). The van der Waals surface area contributed by atoms with Crippen molar-refractivity contribution in [1.82, 2.24) is 5.32 Å². The maximum atomic E-state index is 13.7. The smallest absolute Gasteiger partial charge is 0.248 e. The Kier molecular flexibility index (Phi) is 5.11. The van der Waals surface area contributed by atoms with Crippen molar-refractivity contribution in [2.45, 2.75) is 13.5 Å². The van der Waals surface area contributed by atoms with Gasteiger partial charge < -0.3 is 16.4 Å². The van der Waals surface area contributed by atoms with E-state index in [1.807, 2.05) is 17.5 Å². The SMILES string of the molecule is Cc1c(F)cc(C(N)=O)cc1NCC(=O)NCc1cccs1. The number of hydrogen-bond acceptors (Lipinski definition) is 4. The number of anilines is 1. The summed E-state index contributed by atoms with van der Waals surface area (Å²) in [6.45, 7) is 1.99. The third-order valence-corrected chi connectivity index (χ3v) is 3.98. The fourth-order valence-corrected chi connectivity index (χ4v) is 2.49. The Morgan fingerprint density at radius 1 is 1.36 bits per heavy atom. The highest BCUT2D eigenvalue weighted by atomic mass is 32.1. The van der Waals surface area contributed by atoms with Crippen molar-refractivity contribution < 1.29 is 14.0 Å².